The van der Waals surface area contributed by atoms with Crippen LogP contribution in [0, 0.1) is 0 Å². The number of rotatable bonds is 5. The summed E-state index contributed by atoms with van der Waals surface area (Å²) in [5.41, 5.74) is 10.8. The van der Waals surface area contributed by atoms with Crippen molar-refractivity contribution in [1.82, 2.24) is 14.5 Å². The van der Waals surface area contributed by atoms with E-state index in [1.807, 2.05) is 29.5 Å². The van der Waals surface area contributed by atoms with Crippen LogP contribution in [0.5, 0.6) is 0 Å². The molecule has 10 aromatic rings. The van der Waals surface area contributed by atoms with Gasteiger partial charge in [0.2, 0.25) is 0 Å². The predicted octanol–water partition coefficient (Wildman–Crippen LogP) is 12.6. The average molecular weight is 656 g/mol. The molecule has 0 aliphatic heterocycles. The molecule has 0 amide bonds. The topological polar surface area (TPSA) is 30.7 Å². The van der Waals surface area contributed by atoms with E-state index in [2.05, 4.69) is 162 Å². The van der Waals surface area contributed by atoms with Crippen LogP contribution in [0.25, 0.3) is 92.7 Å². The van der Waals surface area contributed by atoms with Crippen LogP contribution in [-0.4, -0.2) is 14.5 Å². The fourth-order valence-corrected chi connectivity index (χ4v) is 8.43. The lowest BCUT2D eigenvalue weighted by Gasteiger charge is -2.12. The maximum absolute atomic E-state index is 5.15. The molecular formula is C46H29N3S. The van der Waals surface area contributed by atoms with Gasteiger partial charge in [-0.3, -0.25) is 0 Å². The molecule has 0 saturated heterocycles. The van der Waals surface area contributed by atoms with Gasteiger partial charge >= 0.3 is 0 Å². The number of hydrogen-bond donors (Lipinski definition) is 0. The quantitative estimate of drug-likeness (QED) is 0.185. The van der Waals surface area contributed by atoms with E-state index in [4.69, 9.17) is 9.97 Å². The second-order valence-corrected chi connectivity index (χ2v) is 13.7. The number of benzene rings is 7. The van der Waals surface area contributed by atoms with E-state index in [-0.39, 0.29) is 0 Å². The molecule has 0 radical (unpaired) electrons. The first-order chi connectivity index (χ1) is 24.8. The lowest BCUT2D eigenvalue weighted by molar-refractivity contribution is 1.16. The molecular weight excluding hydrogens is 627 g/mol. The summed E-state index contributed by atoms with van der Waals surface area (Å²) in [4.78, 5) is 10.3. The first-order valence-corrected chi connectivity index (χ1v) is 17.6. The Bertz CT molecular complexity index is 2810. The van der Waals surface area contributed by atoms with Gasteiger partial charge in [-0.25, -0.2) is 9.97 Å². The summed E-state index contributed by atoms with van der Waals surface area (Å²) >= 11 is 1.85. The molecule has 0 bridgehead atoms. The van der Waals surface area contributed by atoms with Crippen LogP contribution < -0.4 is 0 Å². The third-order valence-electron chi connectivity index (χ3n) is 9.63. The summed E-state index contributed by atoms with van der Waals surface area (Å²) in [6, 6.07) is 62.5. The normalized spacial score (nSPS) is 11.6. The monoisotopic (exact) mass is 655 g/mol. The summed E-state index contributed by atoms with van der Waals surface area (Å²) in [5.74, 6) is 0.707. The van der Waals surface area contributed by atoms with E-state index in [9.17, 15) is 0 Å². The van der Waals surface area contributed by atoms with Crippen molar-refractivity contribution in [2.24, 2.45) is 0 Å². The summed E-state index contributed by atoms with van der Waals surface area (Å²) < 4.78 is 4.98. The van der Waals surface area contributed by atoms with Gasteiger partial charge < -0.3 is 4.57 Å². The molecule has 7 aromatic carbocycles. The third kappa shape index (κ3) is 4.73. The Morgan fingerprint density at radius 1 is 0.400 bits per heavy atom. The minimum absolute atomic E-state index is 0.707. The van der Waals surface area contributed by atoms with Crippen LogP contribution >= 0.6 is 11.3 Å². The van der Waals surface area contributed by atoms with Gasteiger partial charge in [0.15, 0.2) is 5.82 Å². The Hall–Kier alpha value is -6.36. The average Bonchev–Trinajstić information content (AvgIpc) is 3.74. The van der Waals surface area contributed by atoms with Crippen LogP contribution in [0.2, 0.25) is 0 Å². The summed E-state index contributed by atoms with van der Waals surface area (Å²) in [7, 11) is 0. The van der Waals surface area contributed by atoms with Crippen molar-refractivity contribution in [3.8, 4) is 50.7 Å². The molecule has 0 atom stereocenters. The molecule has 0 spiro atoms. The van der Waals surface area contributed by atoms with Crippen molar-refractivity contribution >= 4 is 53.3 Å². The maximum Gasteiger partial charge on any atom is 0.160 e. The zero-order valence-corrected chi connectivity index (χ0v) is 27.8. The van der Waals surface area contributed by atoms with Crippen LogP contribution in [0.4, 0.5) is 0 Å². The largest absolute Gasteiger partial charge is 0.309 e. The standard InChI is InChI=1S/C46H29N3S/c1-2-12-32(13-3-1)46-47-39(31-26-24-30(25-27-31)35-19-11-23-44-45(35)38-18-6-9-22-43(38)50-44)29-40(48-46)33-14-10-15-34(28-33)49-41-20-7-4-16-36(41)37-17-5-8-21-42(37)49/h1-29H. The van der Waals surface area contributed by atoms with Gasteiger partial charge in [0.25, 0.3) is 0 Å². The summed E-state index contributed by atoms with van der Waals surface area (Å²) in [6.45, 7) is 0. The van der Waals surface area contributed by atoms with E-state index < -0.39 is 0 Å². The molecule has 0 aliphatic carbocycles. The number of hydrogen-bond acceptors (Lipinski definition) is 3. The summed E-state index contributed by atoms with van der Waals surface area (Å²) in [5, 5.41) is 5.12. The van der Waals surface area contributed by atoms with Gasteiger partial charge in [0.05, 0.1) is 22.4 Å². The van der Waals surface area contributed by atoms with Gasteiger partial charge in [-0.1, -0.05) is 133 Å². The van der Waals surface area contributed by atoms with Crippen LogP contribution in [0.1, 0.15) is 0 Å². The van der Waals surface area contributed by atoms with Crippen molar-refractivity contribution in [2.45, 2.75) is 0 Å². The van der Waals surface area contributed by atoms with Crippen molar-refractivity contribution in [1.29, 1.82) is 0 Å². The Kier molecular flexibility index (Phi) is 6.68. The van der Waals surface area contributed by atoms with E-state index >= 15 is 0 Å². The van der Waals surface area contributed by atoms with Crippen LogP contribution in [0.15, 0.2) is 176 Å². The van der Waals surface area contributed by atoms with Crippen molar-refractivity contribution in [3.63, 3.8) is 0 Å². The number of thiophene rings is 1. The third-order valence-corrected chi connectivity index (χ3v) is 10.8. The second-order valence-electron chi connectivity index (χ2n) is 12.6. The molecule has 0 N–H and O–H groups in total. The number of para-hydroxylation sites is 2. The highest BCUT2D eigenvalue weighted by molar-refractivity contribution is 7.25. The highest BCUT2D eigenvalue weighted by atomic mass is 32.1. The maximum atomic E-state index is 5.15. The molecule has 3 aromatic heterocycles. The SMILES string of the molecule is c1ccc(-c2nc(-c3ccc(-c4cccc5sc6ccccc6c45)cc3)cc(-c3cccc(-n4c5ccccc5c5ccccc54)c3)n2)cc1. The molecule has 10 rings (SSSR count). The number of aromatic nitrogens is 3. The minimum Gasteiger partial charge on any atom is -0.309 e. The fraction of sp³-hybridized carbons (Fsp3) is 0. The molecule has 3 heterocycles. The molecule has 0 fully saturated rings. The first-order valence-electron chi connectivity index (χ1n) is 16.8. The first kappa shape index (κ1) is 28.6. The van der Waals surface area contributed by atoms with Gasteiger partial charge in [-0.2, -0.15) is 0 Å². The van der Waals surface area contributed by atoms with Gasteiger partial charge in [0.1, 0.15) is 0 Å². The number of fused-ring (bicyclic) bond motifs is 6. The van der Waals surface area contributed by atoms with E-state index in [0.717, 1.165) is 33.8 Å². The predicted molar refractivity (Wildman–Crippen MR) is 211 cm³/mol. The highest BCUT2D eigenvalue weighted by Gasteiger charge is 2.16. The highest BCUT2D eigenvalue weighted by Crippen LogP contribution is 2.40. The molecule has 0 saturated carbocycles. The van der Waals surface area contributed by atoms with Crippen LogP contribution in [-0.2, 0) is 0 Å². The second kappa shape index (κ2) is 11.7. The molecule has 3 nitrogen and oxygen atoms in total. The smallest absolute Gasteiger partial charge is 0.160 e. The van der Waals surface area contributed by atoms with Crippen LogP contribution in [0.3, 0.4) is 0 Å². The van der Waals surface area contributed by atoms with Gasteiger partial charge in [0, 0.05) is 53.3 Å². The Labute approximate surface area is 293 Å². The Morgan fingerprint density at radius 3 is 1.74 bits per heavy atom. The fourth-order valence-electron chi connectivity index (χ4n) is 7.30. The van der Waals surface area contributed by atoms with Crippen molar-refractivity contribution < 1.29 is 0 Å². The van der Waals surface area contributed by atoms with E-state index in [0.29, 0.717) is 5.82 Å². The van der Waals surface area contributed by atoms with Gasteiger partial charge in [-0.15, -0.1) is 11.3 Å². The van der Waals surface area contributed by atoms with Gasteiger partial charge in [-0.05, 0) is 53.6 Å². The van der Waals surface area contributed by atoms with Crippen molar-refractivity contribution in [3.05, 3.63) is 176 Å². The molecule has 4 heteroatoms. The zero-order chi connectivity index (χ0) is 33.0. The Morgan fingerprint density at radius 2 is 0.980 bits per heavy atom. The molecule has 0 unspecified atom stereocenters. The summed E-state index contributed by atoms with van der Waals surface area (Å²) in [6.07, 6.45) is 0. The molecule has 0 aliphatic rings. The van der Waals surface area contributed by atoms with E-state index in [1.165, 1.54) is 53.1 Å². The Balaban J connectivity index is 1.10. The number of nitrogens with zero attached hydrogens (tertiary/aromatic N) is 3. The van der Waals surface area contributed by atoms with E-state index in [1.54, 1.807) is 0 Å². The molecule has 50 heavy (non-hydrogen) atoms. The lowest BCUT2D eigenvalue weighted by Crippen LogP contribution is -1.97. The zero-order valence-electron chi connectivity index (χ0n) is 27.0. The van der Waals surface area contributed by atoms with Crippen molar-refractivity contribution in [2.75, 3.05) is 0 Å². The lowest BCUT2D eigenvalue weighted by atomic mass is 9.97. The molecule has 234 valence electrons. The minimum atomic E-state index is 0.707.